The Hall–Kier alpha value is -3.49. The number of ether oxygens (including phenoxy) is 7. The fourth-order valence-corrected chi connectivity index (χ4v) is 7.98. The molecular weight excluding hydrogens is 893 g/mol. The van der Waals surface area contributed by atoms with E-state index >= 15 is 0 Å². The molecule has 0 aromatic heterocycles. The lowest BCUT2D eigenvalue weighted by atomic mass is 9.95. The van der Waals surface area contributed by atoms with Gasteiger partial charge in [0.05, 0.1) is 24.9 Å². The van der Waals surface area contributed by atoms with Crippen molar-refractivity contribution in [2.24, 2.45) is 11.8 Å². The first-order chi connectivity index (χ1) is 34.1. The number of amides is 1. The fraction of sp³-hybridized carbons (Fsp3) is 0.839. The van der Waals surface area contributed by atoms with Gasteiger partial charge in [-0.3, -0.25) is 19.2 Å². The van der Waals surface area contributed by atoms with E-state index in [0.717, 1.165) is 129 Å². The minimum Gasteiger partial charge on any atom is -0.465 e. The van der Waals surface area contributed by atoms with E-state index in [1.165, 1.54) is 25.7 Å². The zero-order valence-corrected chi connectivity index (χ0v) is 44.8. The number of esters is 4. The second kappa shape index (κ2) is 46.6. The predicted octanol–water partition coefficient (Wildman–Crippen LogP) is 12.3. The maximum absolute atomic E-state index is 13.1. The van der Waals surface area contributed by atoms with Gasteiger partial charge in [0, 0.05) is 45.6 Å². The van der Waals surface area contributed by atoms with Crippen LogP contribution < -0.4 is 5.32 Å². The van der Waals surface area contributed by atoms with Gasteiger partial charge in [-0.2, -0.15) is 0 Å². The van der Waals surface area contributed by atoms with E-state index in [4.69, 9.17) is 33.2 Å². The minimum atomic E-state index is -0.592. The highest BCUT2D eigenvalue weighted by atomic mass is 16.7. The van der Waals surface area contributed by atoms with E-state index in [2.05, 4.69) is 62.2 Å². The highest BCUT2D eigenvalue weighted by Gasteiger charge is 2.22. The molecule has 1 heterocycles. The normalized spacial score (nSPS) is 14.3. The van der Waals surface area contributed by atoms with Crippen LogP contribution in [0.1, 0.15) is 214 Å². The molecule has 1 aliphatic heterocycles. The van der Waals surface area contributed by atoms with Crippen LogP contribution in [-0.2, 0) is 52.3 Å². The van der Waals surface area contributed by atoms with Crippen LogP contribution >= 0.6 is 0 Å². The van der Waals surface area contributed by atoms with Gasteiger partial charge in [0.25, 0.3) is 0 Å². The molecular formula is C56H100N2O12. The van der Waals surface area contributed by atoms with Crippen molar-refractivity contribution in [1.29, 1.82) is 0 Å². The smallest absolute Gasteiger partial charge is 0.407 e. The first kappa shape index (κ1) is 64.5. The van der Waals surface area contributed by atoms with Gasteiger partial charge in [0.1, 0.15) is 25.9 Å². The molecule has 3 atom stereocenters. The third kappa shape index (κ3) is 38.2. The van der Waals surface area contributed by atoms with Crippen molar-refractivity contribution in [3.8, 4) is 0 Å². The number of rotatable bonds is 47. The van der Waals surface area contributed by atoms with E-state index < -0.39 is 42.3 Å². The average Bonchev–Trinajstić information content (AvgIpc) is 3.88. The Kier molecular flexibility index (Phi) is 42.9. The number of likely N-dealkylation sites (tertiary alicyclic amines) is 1. The van der Waals surface area contributed by atoms with Crippen molar-refractivity contribution in [3.05, 3.63) is 24.3 Å². The topological polar surface area (TPSA) is 165 Å². The molecule has 1 amide bonds. The number of carbonyl (C=O) groups excluding carboxylic acids is 5. The summed E-state index contributed by atoms with van der Waals surface area (Å²) in [6, 6.07) is 0. The molecule has 0 bridgehead atoms. The number of hydrogen-bond donors (Lipinski definition) is 1. The minimum absolute atomic E-state index is 0.0217. The molecule has 1 aliphatic rings. The Labute approximate surface area is 424 Å². The van der Waals surface area contributed by atoms with Gasteiger partial charge in [-0.1, -0.05) is 110 Å². The summed E-state index contributed by atoms with van der Waals surface area (Å²) in [6.45, 7) is 14.9. The third-order valence-electron chi connectivity index (χ3n) is 12.4. The first-order valence-corrected chi connectivity index (χ1v) is 28.0. The monoisotopic (exact) mass is 993 g/mol. The number of unbranched alkanes of at least 4 members (excludes halogenated alkanes) is 11. The quantitative estimate of drug-likeness (QED) is 0.0201. The van der Waals surface area contributed by atoms with E-state index in [0.29, 0.717) is 52.0 Å². The van der Waals surface area contributed by atoms with E-state index in [-0.39, 0.29) is 51.0 Å². The summed E-state index contributed by atoms with van der Waals surface area (Å²) in [5.41, 5.74) is 0. The lowest BCUT2D eigenvalue weighted by Crippen LogP contribution is -2.35. The summed E-state index contributed by atoms with van der Waals surface area (Å²) in [7, 11) is 0. The summed E-state index contributed by atoms with van der Waals surface area (Å²) < 4.78 is 40.3. The van der Waals surface area contributed by atoms with Gasteiger partial charge in [0.2, 0.25) is 0 Å². The molecule has 70 heavy (non-hydrogen) atoms. The maximum Gasteiger partial charge on any atom is 0.407 e. The highest BCUT2D eigenvalue weighted by Crippen LogP contribution is 2.20. The Balaban J connectivity index is 2.70. The standard InChI is InChI=1S/C56H100N2O12/c1-6-11-15-18-21-28-42-64-54(65-43-29-22-19-16-12-7-2)37-36-53(61)69-47-48(46-68-52(60)35-34-50(10-5)70-56(63)57-38-41-58-39-26-27-40-58)45-67-51(59)33-25-20-23-30-44-66-55(62)49(31-14-9-4)32-24-17-13-8-3/h11-12,15-16,48-50,54H,6-10,13-14,17-47H2,1-5H3,(H,57,63)/b15-11-,16-12-. The molecule has 1 fully saturated rings. The molecule has 406 valence electrons. The Bertz CT molecular complexity index is 1350. The van der Waals surface area contributed by atoms with Crippen molar-refractivity contribution in [2.45, 2.75) is 227 Å². The zero-order valence-electron chi connectivity index (χ0n) is 44.8. The molecule has 1 saturated heterocycles. The second-order valence-corrected chi connectivity index (χ2v) is 18.8. The number of hydrogen-bond acceptors (Lipinski definition) is 13. The highest BCUT2D eigenvalue weighted by molar-refractivity contribution is 5.72. The molecule has 0 aromatic rings. The summed E-state index contributed by atoms with van der Waals surface area (Å²) >= 11 is 0. The van der Waals surface area contributed by atoms with E-state index in [9.17, 15) is 24.0 Å². The molecule has 0 aromatic carbocycles. The number of carbonyl (C=O) groups is 5. The van der Waals surface area contributed by atoms with Gasteiger partial charge in [-0.15, -0.1) is 0 Å². The average molecular weight is 993 g/mol. The summed E-state index contributed by atoms with van der Waals surface area (Å²) in [4.78, 5) is 66.4. The molecule has 0 aliphatic carbocycles. The molecule has 1 N–H and O–H groups in total. The molecule has 14 heteroatoms. The van der Waals surface area contributed by atoms with Crippen LogP contribution in [0.2, 0.25) is 0 Å². The van der Waals surface area contributed by atoms with E-state index in [1.54, 1.807) is 0 Å². The number of nitrogens with zero attached hydrogens (tertiary/aromatic N) is 1. The number of allylic oxidation sites excluding steroid dienone is 4. The Morgan fingerprint density at radius 3 is 1.67 bits per heavy atom. The van der Waals surface area contributed by atoms with Crippen molar-refractivity contribution in [3.63, 3.8) is 0 Å². The van der Waals surface area contributed by atoms with E-state index in [1.807, 2.05) is 6.92 Å². The second-order valence-electron chi connectivity index (χ2n) is 18.8. The number of alkyl carbamates (subject to hydrolysis) is 1. The molecule has 0 saturated carbocycles. The van der Waals surface area contributed by atoms with Gasteiger partial charge in [-0.05, 0) is 116 Å². The SMILES string of the molecule is CC/C=C\CCCCOC(CCC(=O)OCC(COC(=O)CCCCCCOC(=O)C(CCCC)CCCCCC)COC(=O)CCC(CC)OC(=O)NCCN1CCCC1)OCCCC/C=C\CC. The molecule has 14 nitrogen and oxygen atoms in total. The lowest BCUT2D eigenvalue weighted by molar-refractivity contribution is -0.162. The van der Waals surface area contributed by atoms with Crippen molar-refractivity contribution in [2.75, 3.05) is 65.8 Å². The summed E-state index contributed by atoms with van der Waals surface area (Å²) in [6.07, 6.45) is 30.2. The third-order valence-corrected chi connectivity index (χ3v) is 12.4. The van der Waals surface area contributed by atoms with Crippen LogP contribution in [0.3, 0.4) is 0 Å². The van der Waals surface area contributed by atoms with Crippen molar-refractivity contribution < 1.29 is 57.1 Å². The van der Waals surface area contributed by atoms with Crippen molar-refractivity contribution in [1.82, 2.24) is 10.2 Å². The van der Waals surface area contributed by atoms with Crippen LogP contribution in [0.15, 0.2) is 24.3 Å². The van der Waals surface area contributed by atoms with Crippen molar-refractivity contribution >= 4 is 30.0 Å². The van der Waals surface area contributed by atoms with Gasteiger partial charge < -0.3 is 43.4 Å². The van der Waals surface area contributed by atoms with Gasteiger partial charge in [-0.25, -0.2) is 4.79 Å². The molecule has 0 radical (unpaired) electrons. The summed E-state index contributed by atoms with van der Waals surface area (Å²) in [5.74, 6) is -2.03. The van der Waals surface area contributed by atoms with Crippen LogP contribution in [0, 0.1) is 11.8 Å². The zero-order chi connectivity index (χ0) is 51.1. The van der Waals surface area contributed by atoms with Crippen LogP contribution in [0.4, 0.5) is 4.79 Å². The molecule has 1 rings (SSSR count). The van der Waals surface area contributed by atoms with Crippen LogP contribution in [-0.4, -0.2) is 113 Å². The van der Waals surface area contributed by atoms with Gasteiger partial charge in [0.15, 0.2) is 6.29 Å². The van der Waals surface area contributed by atoms with Gasteiger partial charge >= 0.3 is 30.0 Å². The number of nitrogens with one attached hydrogen (secondary N) is 1. The first-order valence-electron chi connectivity index (χ1n) is 28.0. The Morgan fingerprint density at radius 2 is 1.09 bits per heavy atom. The van der Waals surface area contributed by atoms with Crippen LogP contribution in [0.5, 0.6) is 0 Å². The summed E-state index contributed by atoms with van der Waals surface area (Å²) in [5, 5.41) is 2.81. The lowest BCUT2D eigenvalue weighted by Gasteiger charge is -2.20. The Morgan fingerprint density at radius 1 is 0.543 bits per heavy atom. The molecule has 3 unspecified atom stereocenters. The maximum atomic E-state index is 13.1. The van der Waals surface area contributed by atoms with Crippen LogP contribution in [0.25, 0.3) is 0 Å². The largest absolute Gasteiger partial charge is 0.465 e. The predicted molar refractivity (Wildman–Crippen MR) is 277 cm³/mol. The fourth-order valence-electron chi connectivity index (χ4n) is 7.98. The molecule has 0 spiro atoms.